The van der Waals surface area contributed by atoms with Gasteiger partial charge < -0.3 is 20.2 Å². The number of aromatic nitrogens is 1. The lowest BCUT2D eigenvalue weighted by Gasteiger charge is -2.12. The molecule has 2 rings (SSSR count). The van der Waals surface area contributed by atoms with Crippen molar-refractivity contribution in [2.24, 2.45) is 5.92 Å². The highest BCUT2D eigenvalue weighted by Crippen LogP contribution is 2.10. The zero-order valence-electron chi connectivity index (χ0n) is 12.5. The first-order valence-electron chi connectivity index (χ1n) is 7.32. The summed E-state index contributed by atoms with van der Waals surface area (Å²) < 4.78 is 6.61. The van der Waals surface area contributed by atoms with Gasteiger partial charge in [0.15, 0.2) is 5.58 Å². The van der Waals surface area contributed by atoms with Crippen LogP contribution >= 0.6 is 0 Å². The van der Waals surface area contributed by atoms with Gasteiger partial charge in [-0.1, -0.05) is 19.1 Å². The third-order valence-electron chi connectivity index (χ3n) is 3.43. The lowest BCUT2D eigenvalue weighted by molar-refractivity contribution is 0.233. The predicted octanol–water partition coefficient (Wildman–Crippen LogP) is 0.912. The van der Waals surface area contributed by atoms with Crippen LogP contribution in [0.3, 0.4) is 0 Å². The van der Waals surface area contributed by atoms with E-state index in [0.717, 1.165) is 0 Å². The maximum absolute atomic E-state index is 11.7. The van der Waals surface area contributed by atoms with Crippen molar-refractivity contribution in [2.75, 3.05) is 19.7 Å². The molecule has 0 spiro atoms. The van der Waals surface area contributed by atoms with E-state index in [1.54, 1.807) is 18.2 Å². The molecule has 1 atom stereocenters. The fourth-order valence-electron chi connectivity index (χ4n) is 2.16. The normalized spacial score (nSPS) is 12.3. The first kappa shape index (κ1) is 16.1. The molecule has 1 heterocycles. The number of para-hydroxylation sites is 2. The summed E-state index contributed by atoms with van der Waals surface area (Å²) in [5, 5.41) is 14.2. The summed E-state index contributed by atoms with van der Waals surface area (Å²) in [4.78, 5) is 23.4. The summed E-state index contributed by atoms with van der Waals surface area (Å²) in [7, 11) is 0. The highest BCUT2D eigenvalue weighted by molar-refractivity contribution is 5.74. The molecule has 1 aromatic heterocycles. The molecule has 0 aliphatic carbocycles. The topological polar surface area (TPSA) is 96.5 Å². The van der Waals surface area contributed by atoms with Crippen LogP contribution in [0.2, 0.25) is 0 Å². The van der Waals surface area contributed by atoms with Gasteiger partial charge in [0.05, 0.1) is 5.52 Å². The van der Waals surface area contributed by atoms with Gasteiger partial charge in [-0.25, -0.2) is 9.59 Å². The molecule has 3 N–H and O–H groups in total. The fourth-order valence-corrected chi connectivity index (χ4v) is 2.16. The minimum Gasteiger partial charge on any atom is -0.408 e. The Morgan fingerprint density at radius 1 is 1.36 bits per heavy atom. The second kappa shape index (κ2) is 7.65. The number of amides is 2. The molecule has 0 aliphatic rings. The number of aliphatic hydroxyl groups is 1. The summed E-state index contributed by atoms with van der Waals surface area (Å²) in [5.41, 5.74) is 1.25. The quantitative estimate of drug-likeness (QED) is 0.708. The molecule has 120 valence electrons. The van der Waals surface area contributed by atoms with Crippen molar-refractivity contribution in [3.8, 4) is 0 Å². The van der Waals surface area contributed by atoms with Crippen LogP contribution < -0.4 is 16.4 Å². The fraction of sp³-hybridized carbons (Fsp3) is 0.467. The van der Waals surface area contributed by atoms with Crippen molar-refractivity contribution >= 4 is 17.1 Å². The zero-order valence-corrected chi connectivity index (χ0v) is 12.5. The van der Waals surface area contributed by atoms with Crippen LogP contribution in [0.25, 0.3) is 11.1 Å². The molecule has 2 aromatic rings. The van der Waals surface area contributed by atoms with E-state index in [2.05, 4.69) is 10.6 Å². The van der Waals surface area contributed by atoms with Crippen LogP contribution in [-0.4, -0.2) is 35.4 Å². The maximum atomic E-state index is 11.7. The van der Waals surface area contributed by atoms with Gasteiger partial charge in [-0.3, -0.25) is 4.57 Å². The lowest BCUT2D eigenvalue weighted by atomic mass is 10.1. The van der Waals surface area contributed by atoms with Crippen LogP contribution in [0.4, 0.5) is 4.79 Å². The number of nitrogens with one attached hydrogen (secondary N) is 2. The second-order valence-electron chi connectivity index (χ2n) is 5.24. The Morgan fingerprint density at radius 2 is 2.14 bits per heavy atom. The molecule has 1 aromatic carbocycles. The number of hydrogen-bond donors (Lipinski definition) is 3. The molecule has 0 fully saturated rings. The Labute approximate surface area is 127 Å². The number of carbonyl (C=O) groups excluding carboxylic acids is 1. The largest absolute Gasteiger partial charge is 0.420 e. The smallest absolute Gasteiger partial charge is 0.408 e. The third kappa shape index (κ3) is 4.11. The van der Waals surface area contributed by atoms with Crippen molar-refractivity contribution < 1.29 is 14.3 Å². The monoisotopic (exact) mass is 307 g/mol. The number of benzene rings is 1. The number of rotatable bonds is 7. The molecule has 1 unspecified atom stereocenters. The van der Waals surface area contributed by atoms with E-state index in [0.29, 0.717) is 37.2 Å². The van der Waals surface area contributed by atoms with E-state index in [-0.39, 0.29) is 18.6 Å². The molecule has 0 saturated heterocycles. The van der Waals surface area contributed by atoms with Crippen LogP contribution in [0.15, 0.2) is 33.5 Å². The molecular weight excluding hydrogens is 286 g/mol. The summed E-state index contributed by atoms with van der Waals surface area (Å²) in [5.74, 6) is -0.212. The molecule has 0 radical (unpaired) electrons. The van der Waals surface area contributed by atoms with E-state index in [9.17, 15) is 9.59 Å². The van der Waals surface area contributed by atoms with Crippen LogP contribution in [0.1, 0.15) is 13.3 Å². The van der Waals surface area contributed by atoms with Gasteiger partial charge in [0, 0.05) is 26.2 Å². The van der Waals surface area contributed by atoms with E-state index >= 15 is 0 Å². The molecule has 0 saturated carbocycles. The molecule has 22 heavy (non-hydrogen) atoms. The molecule has 2 amide bonds. The van der Waals surface area contributed by atoms with Crippen molar-refractivity contribution in [1.29, 1.82) is 0 Å². The number of carbonyl (C=O) groups is 1. The molecule has 7 heteroatoms. The number of nitrogens with zero attached hydrogens (tertiary/aromatic N) is 1. The van der Waals surface area contributed by atoms with E-state index in [4.69, 9.17) is 9.52 Å². The SMILES string of the molecule is CC(CCO)CNC(=O)NCCn1c(=O)oc2ccccc21. The number of hydrogen-bond acceptors (Lipinski definition) is 4. The maximum Gasteiger partial charge on any atom is 0.420 e. The van der Waals surface area contributed by atoms with Crippen molar-refractivity contribution in [3.63, 3.8) is 0 Å². The first-order valence-corrected chi connectivity index (χ1v) is 7.32. The number of aliphatic hydroxyl groups excluding tert-OH is 1. The Hall–Kier alpha value is -2.28. The van der Waals surface area contributed by atoms with Crippen LogP contribution in [-0.2, 0) is 6.54 Å². The number of oxazole rings is 1. The van der Waals surface area contributed by atoms with Crippen LogP contribution in [0.5, 0.6) is 0 Å². The summed E-state index contributed by atoms with van der Waals surface area (Å²) >= 11 is 0. The average Bonchev–Trinajstić information content (AvgIpc) is 2.82. The van der Waals surface area contributed by atoms with Gasteiger partial charge in [-0.05, 0) is 24.5 Å². The Bertz CT molecular complexity index is 677. The van der Waals surface area contributed by atoms with Gasteiger partial charge in [0.1, 0.15) is 0 Å². The summed E-state index contributed by atoms with van der Waals surface area (Å²) in [6, 6.07) is 6.88. The lowest BCUT2D eigenvalue weighted by Crippen LogP contribution is -2.39. The minimum absolute atomic E-state index is 0.112. The molecule has 0 aliphatic heterocycles. The Morgan fingerprint density at radius 3 is 2.91 bits per heavy atom. The Kier molecular flexibility index (Phi) is 5.60. The highest BCUT2D eigenvalue weighted by atomic mass is 16.4. The minimum atomic E-state index is -0.431. The van der Waals surface area contributed by atoms with Crippen molar-refractivity contribution in [3.05, 3.63) is 34.8 Å². The zero-order chi connectivity index (χ0) is 15.9. The van der Waals surface area contributed by atoms with Crippen molar-refractivity contribution in [1.82, 2.24) is 15.2 Å². The van der Waals surface area contributed by atoms with E-state index in [1.165, 1.54) is 4.57 Å². The first-order chi connectivity index (χ1) is 10.6. The average molecular weight is 307 g/mol. The van der Waals surface area contributed by atoms with Crippen molar-refractivity contribution in [2.45, 2.75) is 19.9 Å². The highest BCUT2D eigenvalue weighted by Gasteiger charge is 2.09. The molecular formula is C15H21N3O4. The van der Waals surface area contributed by atoms with E-state index in [1.807, 2.05) is 13.0 Å². The predicted molar refractivity (Wildman–Crippen MR) is 82.7 cm³/mol. The summed E-state index contributed by atoms with van der Waals surface area (Å²) in [6.45, 7) is 3.23. The van der Waals surface area contributed by atoms with E-state index < -0.39 is 5.76 Å². The number of urea groups is 1. The van der Waals surface area contributed by atoms with Gasteiger partial charge in [0.2, 0.25) is 0 Å². The van der Waals surface area contributed by atoms with Gasteiger partial charge in [0.25, 0.3) is 0 Å². The molecule has 7 nitrogen and oxygen atoms in total. The number of fused-ring (bicyclic) bond motifs is 1. The van der Waals surface area contributed by atoms with Gasteiger partial charge in [-0.15, -0.1) is 0 Å². The van der Waals surface area contributed by atoms with Gasteiger partial charge >= 0.3 is 11.8 Å². The van der Waals surface area contributed by atoms with Gasteiger partial charge in [-0.2, -0.15) is 0 Å². The van der Waals surface area contributed by atoms with Crippen LogP contribution in [0, 0.1) is 5.92 Å². The second-order valence-corrected chi connectivity index (χ2v) is 5.24. The standard InChI is InChI=1S/C15H21N3O4/c1-11(6-9-19)10-17-14(20)16-7-8-18-12-4-2-3-5-13(12)22-15(18)21/h2-5,11,19H,6-10H2,1H3,(H2,16,17,20). The molecule has 0 bridgehead atoms. The Balaban J connectivity index is 1.82. The summed E-state index contributed by atoms with van der Waals surface area (Å²) in [6.07, 6.45) is 0.649. The third-order valence-corrected chi connectivity index (χ3v) is 3.43.